The third kappa shape index (κ3) is 4.52. The Balaban J connectivity index is 1.51. The predicted octanol–water partition coefficient (Wildman–Crippen LogP) is 2.53. The van der Waals surface area contributed by atoms with E-state index in [0.717, 1.165) is 18.4 Å². The fraction of sp³-hybridized carbons (Fsp3) is 0.476. The number of carbonyl (C=O) groups is 2. The molecule has 28 heavy (non-hydrogen) atoms. The number of benzene rings is 1. The fourth-order valence-electron chi connectivity index (χ4n) is 3.48. The summed E-state index contributed by atoms with van der Waals surface area (Å²) in [5, 5.41) is 17.2. The van der Waals surface area contributed by atoms with Crippen molar-refractivity contribution in [2.75, 3.05) is 19.6 Å². The zero-order valence-electron chi connectivity index (χ0n) is 16.7. The molecule has 2 N–H and O–H groups in total. The minimum absolute atomic E-state index is 0.0436. The van der Waals surface area contributed by atoms with Crippen molar-refractivity contribution in [1.82, 2.24) is 20.0 Å². The van der Waals surface area contributed by atoms with E-state index in [4.69, 9.17) is 0 Å². The van der Waals surface area contributed by atoms with Crippen LogP contribution in [0.25, 0.3) is 0 Å². The van der Waals surface area contributed by atoms with E-state index in [1.807, 2.05) is 19.9 Å². The van der Waals surface area contributed by atoms with Crippen LogP contribution in [0.1, 0.15) is 58.9 Å². The highest BCUT2D eigenvalue weighted by molar-refractivity contribution is 5.97. The van der Waals surface area contributed by atoms with Gasteiger partial charge >= 0.3 is 0 Å². The molecule has 3 rings (SSSR count). The highest BCUT2D eigenvalue weighted by atomic mass is 16.3. The van der Waals surface area contributed by atoms with Crippen LogP contribution in [0.3, 0.4) is 0 Å². The normalized spacial score (nSPS) is 15.1. The van der Waals surface area contributed by atoms with Crippen LogP contribution in [0.2, 0.25) is 0 Å². The molecule has 1 aromatic heterocycles. The average Bonchev–Trinajstić information content (AvgIpc) is 3.12. The van der Waals surface area contributed by atoms with E-state index in [1.54, 1.807) is 41.2 Å². The summed E-state index contributed by atoms with van der Waals surface area (Å²) in [6, 6.07) is 5.30. The molecule has 1 aliphatic heterocycles. The largest absolute Gasteiger partial charge is 0.507 e. The fourth-order valence-corrected chi connectivity index (χ4v) is 3.48. The van der Waals surface area contributed by atoms with Crippen molar-refractivity contribution in [2.24, 2.45) is 13.0 Å². The standard InChI is InChI=1S/C21H28N4O3/c1-14(2)16-4-5-18(19(26)10-16)21(28)25-8-6-15(7-9-25)11-22-20(27)17-12-23-24(3)13-17/h4-5,10,12-15,26H,6-9,11H2,1-3H3,(H,22,27). The van der Waals surface area contributed by atoms with E-state index in [9.17, 15) is 14.7 Å². The molecule has 0 saturated carbocycles. The molecule has 0 radical (unpaired) electrons. The highest BCUT2D eigenvalue weighted by Crippen LogP contribution is 2.26. The monoisotopic (exact) mass is 384 g/mol. The Morgan fingerprint density at radius 2 is 2.00 bits per heavy atom. The van der Waals surface area contributed by atoms with Crippen LogP contribution < -0.4 is 5.32 Å². The van der Waals surface area contributed by atoms with E-state index in [-0.39, 0.29) is 17.6 Å². The van der Waals surface area contributed by atoms with Gasteiger partial charge in [-0.1, -0.05) is 19.9 Å². The van der Waals surface area contributed by atoms with Gasteiger partial charge in [0.15, 0.2) is 0 Å². The number of amides is 2. The Morgan fingerprint density at radius 1 is 1.29 bits per heavy atom. The van der Waals surface area contributed by atoms with Crippen LogP contribution in [0.5, 0.6) is 5.75 Å². The summed E-state index contributed by atoms with van der Waals surface area (Å²) in [6.07, 6.45) is 4.88. The maximum atomic E-state index is 12.7. The Kier molecular flexibility index (Phi) is 6.02. The minimum Gasteiger partial charge on any atom is -0.507 e. The molecule has 1 aliphatic rings. The van der Waals surface area contributed by atoms with Crippen molar-refractivity contribution in [3.63, 3.8) is 0 Å². The summed E-state index contributed by atoms with van der Waals surface area (Å²) in [6.45, 7) is 5.93. The van der Waals surface area contributed by atoms with E-state index < -0.39 is 0 Å². The number of aryl methyl sites for hydroxylation is 1. The maximum absolute atomic E-state index is 12.7. The van der Waals surface area contributed by atoms with E-state index in [2.05, 4.69) is 10.4 Å². The van der Waals surface area contributed by atoms with Crippen LogP contribution >= 0.6 is 0 Å². The van der Waals surface area contributed by atoms with Crippen LogP contribution in [0.4, 0.5) is 0 Å². The number of phenolic OH excluding ortho intramolecular Hbond substituents is 1. The molecule has 1 aromatic carbocycles. The first kappa shape index (κ1) is 19.9. The predicted molar refractivity (Wildman–Crippen MR) is 106 cm³/mol. The summed E-state index contributed by atoms with van der Waals surface area (Å²) in [4.78, 5) is 26.6. The second-order valence-electron chi connectivity index (χ2n) is 7.78. The summed E-state index contributed by atoms with van der Waals surface area (Å²) < 4.78 is 1.60. The molecule has 0 bridgehead atoms. The SMILES string of the molecule is CC(C)c1ccc(C(=O)N2CCC(CNC(=O)c3cnn(C)c3)CC2)c(O)c1. The summed E-state index contributed by atoms with van der Waals surface area (Å²) in [5.41, 5.74) is 1.92. The number of hydrogen-bond acceptors (Lipinski definition) is 4. The summed E-state index contributed by atoms with van der Waals surface area (Å²) in [5.74, 6) is 0.420. The van der Waals surface area contributed by atoms with Crippen molar-refractivity contribution in [3.8, 4) is 5.75 Å². The number of aromatic hydroxyl groups is 1. The van der Waals surface area contributed by atoms with Crippen LogP contribution in [0, 0.1) is 5.92 Å². The number of likely N-dealkylation sites (tertiary alicyclic amines) is 1. The zero-order chi connectivity index (χ0) is 20.3. The van der Waals surface area contributed by atoms with E-state index in [1.165, 1.54) is 0 Å². The molecule has 0 spiro atoms. The maximum Gasteiger partial charge on any atom is 0.257 e. The quantitative estimate of drug-likeness (QED) is 0.829. The van der Waals surface area contributed by atoms with Gasteiger partial charge in [-0.3, -0.25) is 14.3 Å². The first-order valence-corrected chi connectivity index (χ1v) is 9.74. The number of hydrogen-bond donors (Lipinski definition) is 2. The number of piperidine rings is 1. The first-order valence-electron chi connectivity index (χ1n) is 9.74. The molecule has 2 heterocycles. The molecule has 0 aliphatic carbocycles. The Morgan fingerprint density at radius 3 is 2.57 bits per heavy atom. The number of phenols is 1. The molecule has 150 valence electrons. The minimum atomic E-state index is -0.134. The van der Waals surface area contributed by atoms with E-state index >= 15 is 0 Å². The van der Waals surface area contributed by atoms with Gasteiger partial charge in [-0.25, -0.2) is 0 Å². The van der Waals surface area contributed by atoms with Gasteiger partial charge < -0.3 is 15.3 Å². The van der Waals surface area contributed by atoms with Crippen LogP contribution in [0.15, 0.2) is 30.6 Å². The number of nitrogens with one attached hydrogen (secondary N) is 1. The molecule has 0 unspecified atom stereocenters. The van der Waals surface area contributed by atoms with Crippen LogP contribution in [-0.4, -0.2) is 51.2 Å². The topological polar surface area (TPSA) is 87.5 Å². The van der Waals surface area contributed by atoms with Gasteiger partial charge in [-0.2, -0.15) is 5.10 Å². The van der Waals surface area contributed by atoms with Crippen molar-refractivity contribution in [2.45, 2.75) is 32.6 Å². The molecule has 1 fully saturated rings. The Bertz CT molecular complexity index is 851. The summed E-state index contributed by atoms with van der Waals surface area (Å²) >= 11 is 0. The second-order valence-corrected chi connectivity index (χ2v) is 7.78. The lowest BCUT2D eigenvalue weighted by Crippen LogP contribution is -2.41. The molecular weight excluding hydrogens is 356 g/mol. The van der Waals surface area contributed by atoms with Crippen LogP contribution in [-0.2, 0) is 7.05 Å². The third-order valence-electron chi connectivity index (χ3n) is 5.34. The number of nitrogens with zero attached hydrogens (tertiary/aromatic N) is 3. The molecule has 2 aromatic rings. The van der Waals surface area contributed by atoms with E-state index in [0.29, 0.717) is 42.6 Å². The first-order chi connectivity index (χ1) is 13.3. The van der Waals surface area contributed by atoms with Crippen molar-refractivity contribution < 1.29 is 14.7 Å². The second kappa shape index (κ2) is 8.46. The molecular formula is C21H28N4O3. The Labute approximate surface area is 165 Å². The van der Waals surface area contributed by atoms with Crippen molar-refractivity contribution in [1.29, 1.82) is 0 Å². The zero-order valence-corrected chi connectivity index (χ0v) is 16.7. The van der Waals surface area contributed by atoms with Gasteiger partial charge in [-0.15, -0.1) is 0 Å². The molecule has 1 saturated heterocycles. The number of carbonyl (C=O) groups excluding carboxylic acids is 2. The third-order valence-corrected chi connectivity index (χ3v) is 5.34. The molecule has 7 heteroatoms. The van der Waals surface area contributed by atoms with Gasteiger partial charge in [0, 0.05) is 32.9 Å². The van der Waals surface area contributed by atoms with Gasteiger partial charge in [-0.05, 0) is 42.4 Å². The smallest absolute Gasteiger partial charge is 0.257 e. The molecule has 7 nitrogen and oxygen atoms in total. The average molecular weight is 384 g/mol. The molecule has 0 atom stereocenters. The highest BCUT2D eigenvalue weighted by Gasteiger charge is 2.25. The number of aromatic nitrogens is 2. The molecule has 2 amide bonds. The van der Waals surface area contributed by atoms with Gasteiger partial charge in [0.05, 0.1) is 17.3 Å². The van der Waals surface area contributed by atoms with Gasteiger partial charge in [0.2, 0.25) is 0 Å². The lowest BCUT2D eigenvalue weighted by atomic mass is 9.95. The number of rotatable bonds is 5. The lowest BCUT2D eigenvalue weighted by Gasteiger charge is -2.32. The van der Waals surface area contributed by atoms with Gasteiger partial charge in [0.1, 0.15) is 5.75 Å². The van der Waals surface area contributed by atoms with Gasteiger partial charge in [0.25, 0.3) is 11.8 Å². The lowest BCUT2D eigenvalue weighted by molar-refractivity contribution is 0.0681. The Hall–Kier alpha value is -2.83. The van der Waals surface area contributed by atoms with Crippen molar-refractivity contribution in [3.05, 3.63) is 47.3 Å². The summed E-state index contributed by atoms with van der Waals surface area (Å²) in [7, 11) is 1.78. The van der Waals surface area contributed by atoms with Crippen molar-refractivity contribution >= 4 is 11.8 Å².